The maximum atomic E-state index is 4.59. The first-order valence-electron chi connectivity index (χ1n) is 6.12. The normalized spacial score (nSPS) is 10.9. The van der Waals surface area contributed by atoms with Crippen molar-refractivity contribution in [3.05, 3.63) is 35.8 Å². The molecule has 96 valence electrons. The molecule has 2 aromatic heterocycles. The molecule has 0 radical (unpaired) electrons. The van der Waals surface area contributed by atoms with Crippen LogP contribution in [0.1, 0.15) is 37.1 Å². The van der Waals surface area contributed by atoms with Crippen LogP contribution in [0.5, 0.6) is 0 Å². The van der Waals surface area contributed by atoms with E-state index in [0.29, 0.717) is 5.92 Å². The highest BCUT2D eigenvalue weighted by atomic mass is 15.0. The second-order valence-corrected chi connectivity index (χ2v) is 4.64. The predicted molar refractivity (Wildman–Crippen MR) is 71.7 cm³/mol. The molecular formula is C13H19N5. The van der Waals surface area contributed by atoms with Gasteiger partial charge in [0.25, 0.3) is 0 Å². The molecule has 0 amide bonds. The first-order chi connectivity index (χ1) is 8.60. The third kappa shape index (κ3) is 2.67. The third-order valence-corrected chi connectivity index (χ3v) is 2.83. The van der Waals surface area contributed by atoms with Crippen molar-refractivity contribution in [2.24, 2.45) is 7.05 Å². The van der Waals surface area contributed by atoms with Gasteiger partial charge in [-0.1, -0.05) is 13.8 Å². The van der Waals surface area contributed by atoms with E-state index in [1.165, 1.54) is 0 Å². The smallest absolute Gasteiger partial charge is 0.133 e. The van der Waals surface area contributed by atoms with Crippen LogP contribution in [0.4, 0.5) is 5.82 Å². The Morgan fingerprint density at radius 2 is 2.11 bits per heavy atom. The van der Waals surface area contributed by atoms with E-state index < -0.39 is 0 Å². The summed E-state index contributed by atoms with van der Waals surface area (Å²) in [5.41, 5.74) is 0.993. The lowest BCUT2D eigenvalue weighted by atomic mass is 10.2. The van der Waals surface area contributed by atoms with Gasteiger partial charge in [-0.15, -0.1) is 0 Å². The fraction of sp³-hybridized carbons (Fsp3) is 0.462. The minimum absolute atomic E-state index is 0.318. The molecule has 2 heterocycles. The molecule has 0 saturated carbocycles. The highest BCUT2D eigenvalue weighted by Crippen LogP contribution is 2.15. The zero-order valence-corrected chi connectivity index (χ0v) is 11.3. The van der Waals surface area contributed by atoms with E-state index in [0.717, 1.165) is 29.6 Å². The molecule has 0 fully saturated rings. The molecule has 0 aliphatic carbocycles. The topological polar surface area (TPSA) is 55.6 Å². The van der Waals surface area contributed by atoms with Crippen molar-refractivity contribution in [2.45, 2.75) is 26.2 Å². The maximum Gasteiger partial charge on any atom is 0.133 e. The molecule has 18 heavy (non-hydrogen) atoms. The van der Waals surface area contributed by atoms with E-state index in [2.05, 4.69) is 34.1 Å². The lowest BCUT2D eigenvalue weighted by molar-refractivity contribution is 0.749. The number of hydrogen-bond acceptors (Lipinski definition) is 4. The number of nitrogens with zero attached hydrogens (tertiary/aromatic N) is 4. The molecule has 0 atom stereocenters. The van der Waals surface area contributed by atoms with Gasteiger partial charge in [-0.2, -0.15) is 0 Å². The summed E-state index contributed by atoms with van der Waals surface area (Å²) in [5.74, 6) is 3.05. The Morgan fingerprint density at radius 3 is 2.67 bits per heavy atom. The van der Waals surface area contributed by atoms with Crippen LogP contribution in [-0.4, -0.2) is 26.6 Å². The van der Waals surface area contributed by atoms with E-state index in [-0.39, 0.29) is 0 Å². The molecule has 0 aliphatic rings. The van der Waals surface area contributed by atoms with Crippen molar-refractivity contribution in [2.75, 3.05) is 12.4 Å². The summed E-state index contributed by atoms with van der Waals surface area (Å²) in [6, 6.07) is 1.97. The SMILES string of the molecule is CNc1cc(Cc2nccn2C)nc(C(C)C)n1. The minimum atomic E-state index is 0.318. The van der Waals surface area contributed by atoms with Gasteiger partial charge in [0.1, 0.15) is 17.5 Å². The van der Waals surface area contributed by atoms with E-state index in [1.54, 1.807) is 6.20 Å². The lowest BCUT2D eigenvalue weighted by Crippen LogP contribution is -2.07. The quantitative estimate of drug-likeness (QED) is 0.894. The van der Waals surface area contributed by atoms with Gasteiger partial charge >= 0.3 is 0 Å². The molecule has 0 saturated heterocycles. The number of hydrogen-bond donors (Lipinski definition) is 1. The minimum Gasteiger partial charge on any atom is -0.373 e. The van der Waals surface area contributed by atoms with Gasteiger partial charge in [-0.25, -0.2) is 15.0 Å². The number of imidazole rings is 1. The number of aromatic nitrogens is 4. The maximum absolute atomic E-state index is 4.59. The monoisotopic (exact) mass is 245 g/mol. The average molecular weight is 245 g/mol. The molecule has 5 nitrogen and oxygen atoms in total. The van der Waals surface area contributed by atoms with Gasteiger partial charge in [-0.3, -0.25) is 0 Å². The Labute approximate surface area is 107 Å². The van der Waals surface area contributed by atoms with E-state index in [4.69, 9.17) is 0 Å². The van der Waals surface area contributed by atoms with Gasteiger partial charge in [0.05, 0.1) is 5.69 Å². The highest BCUT2D eigenvalue weighted by molar-refractivity contribution is 5.36. The Bertz CT molecular complexity index is 530. The fourth-order valence-corrected chi connectivity index (χ4v) is 1.72. The Balaban J connectivity index is 2.32. The summed E-state index contributed by atoms with van der Waals surface area (Å²) in [7, 11) is 3.86. The summed E-state index contributed by atoms with van der Waals surface area (Å²) in [5, 5.41) is 3.08. The largest absolute Gasteiger partial charge is 0.373 e. The fourth-order valence-electron chi connectivity index (χ4n) is 1.72. The second kappa shape index (κ2) is 5.16. The van der Waals surface area contributed by atoms with Crippen LogP contribution in [0.3, 0.4) is 0 Å². The van der Waals surface area contributed by atoms with Crippen LogP contribution in [0.15, 0.2) is 18.5 Å². The average Bonchev–Trinajstić information content (AvgIpc) is 2.74. The third-order valence-electron chi connectivity index (χ3n) is 2.83. The van der Waals surface area contributed by atoms with E-state index in [9.17, 15) is 0 Å². The molecule has 0 spiro atoms. The number of rotatable bonds is 4. The molecule has 0 aliphatic heterocycles. The number of nitrogens with one attached hydrogen (secondary N) is 1. The zero-order valence-electron chi connectivity index (χ0n) is 11.3. The van der Waals surface area contributed by atoms with Gasteiger partial charge in [0.15, 0.2) is 0 Å². The van der Waals surface area contributed by atoms with Crippen molar-refractivity contribution in [1.29, 1.82) is 0 Å². The molecule has 0 bridgehead atoms. The molecule has 0 aromatic carbocycles. The Morgan fingerprint density at radius 1 is 1.33 bits per heavy atom. The second-order valence-electron chi connectivity index (χ2n) is 4.64. The van der Waals surface area contributed by atoms with Crippen molar-refractivity contribution < 1.29 is 0 Å². The van der Waals surface area contributed by atoms with Crippen LogP contribution in [-0.2, 0) is 13.5 Å². The highest BCUT2D eigenvalue weighted by Gasteiger charge is 2.09. The summed E-state index contributed by atoms with van der Waals surface area (Å²) in [6.07, 6.45) is 4.47. The Kier molecular flexibility index (Phi) is 3.60. The van der Waals surface area contributed by atoms with Gasteiger partial charge in [0, 0.05) is 44.9 Å². The predicted octanol–water partition coefficient (Wildman–Crippen LogP) is 1.97. The summed E-state index contributed by atoms with van der Waals surface area (Å²) < 4.78 is 2.01. The van der Waals surface area contributed by atoms with Crippen molar-refractivity contribution in [3.8, 4) is 0 Å². The molecule has 5 heteroatoms. The summed E-state index contributed by atoms with van der Waals surface area (Å²) >= 11 is 0. The first-order valence-corrected chi connectivity index (χ1v) is 6.12. The van der Waals surface area contributed by atoms with Crippen LogP contribution < -0.4 is 5.32 Å². The van der Waals surface area contributed by atoms with Gasteiger partial charge in [0.2, 0.25) is 0 Å². The number of aryl methyl sites for hydroxylation is 1. The van der Waals surface area contributed by atoms with Crippen LogP contribution >= 0.6 is 0 Å². The van der Waals surface area contributed by atoms with E-state index in [1.807, 2.05) is 30.9 Å². The van der Waals surface area contributed by atoms with Crippen molar-refractivity contribution >= 4 is 5.82 Å². The Hall–Kier alpha value is -1.91. The molecule has 2 aromatic rings. The molecule has 0 unspecified atom stereocenters. The van der Waals surface area contributed by atoms with Crippen LogP contribution in [0.25, 0.3) is 0 Å². The number of anilines is 1. The summed E-state index contributed by atoms with van der Waals surface area (Å²) in [6.45, 7) is 4.19. The van der Waals surface area contributed by atoms with Crippen LogP contribution in [0, 0.1) is 0 Å². The van der Waals surface area contributed by atoms with Gasteiger partial charge in [-0.05, 0) is 0 Å². The summed E-state index contributed by atoms with van der Waals surface area (Å²) in [4.78, 5) is 13.4. The van der Waals surface area contributed by atoms with Crippen molar-refractivity contribution in [1.82, 2.24) is 19.5 Å². The molecule has 2 rings (SSSR count). The molecule has 1 N–H and O–H groups in total. The standard InChI is InChI=1S/C13H19N5/c1-9(2)13-16-10(7-11(14-3)17-13)8-12-15-5-6-18(12)4/h5-7,9H,8H2,1-4H3,(H,14,16,17). The van der Waals surface area contributed by atoms with Gasteiger partial charge < -0.3 is 9.88 Å². The van der Waals surface area contributed by atoms with E-state index >= 15 is 0 Å². The lowest BCUT2D eigenvalue weighted by Gasteiger charge is -2.09. The molecular weight excluding hydrogens is 226 g/mol. The van der Waals surface area contributed by atoms with Crippen LogP contribution in [0.2, 0.25) is 0 Å². The van der Waals surface area contributed by atoms with Crippen molar-refractivity contribution in [3.63, 3.8) is 0 Å². The zero-order chi connectivity index (χ0) is 13.1. The first kappa shape index (κ1) is 12.5.